The normalized spacial score (nSPS) is 11.3. The highest BCUT2D eigenvalue weighted by atomic mass is 32.2. The van der Waals surface area contributed by atoms with Crippen molar-refractivity contribution in [3.8, 4) is 11.4 Å². The van der Waals surface area contributed by atoms with Crippen molar-refractivity contribution < 1.29 is 17.9 Å². The van der Waals surface area contributed by atoms with Crippen LogP contribution in [0.2, 0.25) is 0 Å². The van der Waals surface area contributed by atoms with Crippen LogP contribution in [-0.2, 0) is 21.9 Å². The second-order valence-corrected chi connectivity index (χ2v) is 9.73. The number of carbonyl (C=O) groups is 1. The van der Waals surface area contributed by atoms with E-state index in [0.717, 1.165) is 6.26 Å². The average molecular weight is 487 g/mol. The number of nitrogens with one attached hydrogen (secondary N) is 1. The average Bonchev–Trinajstić information content (AvgIpc) is 3.00. The second kappa shape index (κ2) is 10.6. The van der Waals surface area contributed by atoms with Crippen LogP contribution < -0.4 is 19.9 Å². The van der Waals surface area contributed by atoms with Crippen molar-refractivity contribution in [3.05, 3.63) is 70.6 Å². The van der Waals surface area contributed by atoms with Gasteiger partial charge >= 0.3 is 0 Å². The lowest BCUT2D eigenvalue weighted by Gasteiger charge is -2.24. The number of amides is 1. The lowest BCUT2D eigenvalue weighted by Crippen LogP contribution is -2.32. The summed E-state index contributed by atoms with van der Waals surface area (Å²) in [6, 6.07) is 16.0. The van der Waals surface area contributed by atoms with Gasteiger partial charge in [-0.25, -0.2) is 13.1 Å². The molecule has 3 aromatic rings. The number of rotatable bonds is 10. The first-order chi connectivity index (χ1) is 16.1. The van der Waals surface area contributed by atoms with Crippen molar-refractivity contribution in [2.45, 2.75) is 26.7 Å². The molecule has 0 fully saturated rings. The van der Waals surface area contributed by atoms with Gasteiger partial charge in [0.15, 0.2) is 0 Å². The Morgan fingerprint density at radius 2 is 1.74 bits per heavy atom. The molecule has 0 saturated heterocycles. The highest BCUT2D eigenvalue weighted by molar-refractivity contribution is 7.92. The summed E-state index contributed by atoms with van der Waals surface area (Å²) in [6.07, 6.45) is 1.43. The molecule has 9 nitrogen and oxygen atoms in total. The number of nitrogens with zero attached hydrogens (tertiary/aromatic N) is 3. The largest absolute Gasteiger partial charge is 0.492 e. The molecular formula is C24H30N4O5S. The van der Waals surface area contributed by atoms with Crippen molar-refractivity contribution >= 4 is 27.3 Å². The highest BCUT2D eigenvalue weighted by Gasteiger charge is 2.22. The molecule has 1 heterocycles. The van der Waals surface area contributed by atoms with Gasteiger partial charge in [-0.1, -0.05) is 30.3 Å². The van der Waals surface area contributed by atoms with Gasteiger partial charge in [0, 0.05) is 20.0 Å². The molecule has 0 spiro atoms. The summed E-state index contributed by atoms with van der Waals surface area (Å²) in [6.45, 7) is 4.07. The summed E-state index contributed by atoms with van der Waals surface area (Å²) in [5, 5.41) is 2.71. The van der Waals surface area contributed by atoms with E-state index in [0.29, 0.717) is 29.4 Å². The Bertz CT molecular complexity index is 1310. The van der Waals surface area contributed by atoms with Gasteiger partial charge in [0.2, 0.25) is 15.9 Å². The first-order valence-electron chi connectivity index (χ1n) is 11.0. The molecule has 1 N–H and O–H groups in total. The summed E-state index contributed by atoms with van der Waals surface area (Å²) in [5.41, 5.74) is 1.61. The molecule has 0 aliphatic rings. The molecule has 2 aromatic carbocycles. The number of anilines is 2. The number of benzene rings is 2. The predicted molar refractivity (Wildman–Crippen MR) is 133 cm³/mol. The van der Waals surface area contributed by atoms with Gasteiger partial charge in [-0.05, 0) is 44.5 Å². The van der Waals surface area contributed by atoms with Gasteiger partial charge in [0.1, 0.15) is 11.4 Å². The standard InChI is InChI=1S/C24H30N4O5S/c1-5-33-21-15-10-9-14-20(21)27(34(4,31)32)17-11-16-22(29)25-23-18(2)26(3)28(24(23)30)19-12-7-6-8-13-19/h6-10,12-15H,5,11,16-17H2,1-4H3,(H,25,29). The van der Waals surface area contributed by atoms with Crippen LogP contribution in [0.25, 0.3) is 5.69 Å². The van der Waals surface area contributed by atoms with Crippen molar-refractivity contribution in [1.82, 2.24) is 9.36 Å². The maximum absolute atomic E-state index is 13.0. The van der Waals surface area contributed by atoms with Crippen LogP contribution >= 0.6 is 0 Å². The molecule has 1 aromatic heterocycles. The Morgan fingerprint density at radius 1 is 1.09 bits per heavy atom. The molecule has 3 rings (SSSR count). The Balaban J connectivity index is 1.72. The van der Waals surface area contributed by atoms with Crippen molar-refractivity contribution in [1.29, 1.82) is 0 Å². The summed E-state index contributed by atoms with van der Waals surface area (Å²) < 4.78 is 34.9. The van der Waals surface area contributed by atoms with E-state index in [4.69, 9.17) is 4.74 Å². The number of para-hydroxylation sites is 3. The van der Waals surface area contributed by atoms with Crippen LogP contribution in [0.3, 0.4) is 0 Å². The quantitative estimate of drug-likeness (QED) is 0.475. The minimum atomic E-state index is -3.60. The van der Waals surface area contributed by atoms with Crippen LogP contribution in [0, 0.1) is 6.92 Å². The minimum absolute atomic E-state index is 0.0436. The smallest absolute Gasteiger partial charge is 0.295 e. The van der Waals surface area contributed by atoms with E-state index < -0.39 is 10.0 Å². The third-order valence-electron chi connectivity index (χ3n) is 5.42. The third-order valence-corrected chi connectivity index (χ3v) is 6.60. The molecule has 0 unspecified atom stereocenters. The predicted octanol–water partition coefficient (Wildman–Crippen LogP) is 3.07. The summed E-state index contributed by atoms with van der Waals surface area (Å²) in [4.78, 5) is 25.6. The third kappa shape index (κ3) is 5.51. The molecule has 0 saturated carbocycles. The van der Waals surface area contributed by atoms with Gasteiger partial charge in [0.05, 0.1) is 29.9 Å². The number of hydrogen-bond donors (Lipinski definition) is 1. The van der Waals surface area contributed by atoms with Crippen LogP contribution in [0.5, 0.6) is 5.75 Å². The van der Waals surface area contributed by atoms with Crippen molar-refractivity contribution in [3.63, 3.8) is 0 Å². The minimum Gasteiger partial charge on any atom is -0.492 e. The van der Waals surface area contributed by atoms with Crippen LogP contribution in [0.1, 0.15) is 25.5 Å². The lowest BCUT2D eigenvalue weighted by molar-refractivity contribution is -0.116. The maximum Gasteiger partial charge on any atom is 0.295 e. The van der Waals surface area contributed by atoms with Crippen LogP contribution in [0.15, 0.2) is 59.4 Å². The number of ether oxygens (including phenoxy) is 1. The van der Waals surface area contributed by atoms with Crippen molar-refractivity contribution in [2.75, 3.05) is 29.0 Å². The van der Waals surface area contributed by atoms with E-state index in [1.807, 2.05) is 37.3 Å². The van der Waals surface area contributed by atoms with E-state index in [1.165, 1.54) is 8.99 Å². The zero-order valence-corrected chi connectivity index (χ0v) is 20.6. The molecular weight excluding hydrogens is 456 g/mol. The molecule has 10 heteroatoms. The summed E-state index contributed by atoms with van der Waals surface area (Å²) in [7, 11) is -1.85. The molecule has 0 radical (unpaired) electrons. The van der Waals surface area contributed by atoms with Gasteiger partial charge in [-0.3, -0.25) is 18.6 Å². The second-order valence-electron chi connectivity index (χ2n) is 7.82. The fourth-order valence-electron chi connectivity index (χ4n) is 3.70. The fraction of sp³-hybridized carbons (Fsp3) is 0.333. The number of sulfonamides is 1. The molecule has 0 aliphatic carbocycles. The molecule has 0 atom stereocenters. The number of hydrogen-bond acceptors (Lipinski definition) is 5. The van der Waals surface area contributed by atoms with Crippen LogP contribution in [-0.4, -0.2) is 43.1 Å². The highest BCUT2D eigenvalue weighted by Crippen LogP contribution is 2.30. The van der Waals surface area contributed by atoms with Gasteiger partial charge < -0.3 is 10.1 Å². The zero-order valence-electron chi connectivity index (χ0n) is 19.8. The molecule has 0 bridgehead atoms. The monoisotopic (exact) mass is 486 g/mol. The first-order valence-corrected chi connectivity index (χ1v) is 12.8. The summed E-state index contributed by atoms with van der Waals surface area (Å²) in [5.74, 6) is 0.0961. The fourth-order valence-corrected chi connectivity index (χ4v) is 4.67. The Morgan fingerprint density at radius 3 is 2.38 bits per heavy atom. The SMILES string of the molecule is CCOc1ccccc1N(CCCC(=O)Nc1c(C)n(C)n(-c2ccccc2)c1=O)S(C)(=O)=O. The number of carbonyl (C=O) groups excluding carboxylic acids is 1. The molecule has 182 valence electrons. The zero-order chi connectivity index (χ0) is 24.9. The maximum atomic E-state index is 13.0. The van der Waals surface area contributed by atoms with Gasteiger partial charge in [-0.15, -0.1) is 0 Å². The van der Waals surface area contributed by atoms with Gasteiger partial charge in [0.25, 0.3) is 5.56 Å². The van der Waals surface area contributed by atoms with E-state index in [9.17, 15) is 18.0 Å². The first kappa shape index (κ1) is 25.1. The number of aromatic nitrogens is 2. The Kier molecular flexibility index (Phi) is 7.83. The van der Waals surface area contributed by atoms with Gasteiger partial charge in [-0.2, -0.15) is 0 Å². The summed E-state index contributed by atoms with van der Waals surface area (Å²) >= 11 is 0. The van der Waals surface area contributed by atoms with E-state index in [-0.39, 0.29) is 36.5 Å². The van der Waals surface area contributed by atoms with Crippen LogP contribution in [0.4, 0.5) is 11.4 Å². The topological polar surface area (TPSA) is 103 Å². The van der Waals surface area contributed by atoms with Crippen molar-refractivity contribution in [2.24, 2.45) is 7.05 Å². The Hall–Kier alpha value is -3.53. The molecule has 34 heavy (non-hydrogen) atoms. The van der Waals surface area contributed by atoms with E-state index in [2.05, 4.69) is 5.32 Å². The lowest BCUT2D eigenvalue weighted by atomic mass is 10.2. The molecule has 1 amide bonds. The Labute approximate surface area is 199 Å². The van der Waals surface area contributed by atoms with E-state index in [1.54, 1.807) is 42.9 Å². The van der Waals surface area contributed by atoms with E-state index >= 15 is 0 Å². The molecule has 0 aliphatic heterocycles.